The van der Waals surface area contributed by atoms with Crippen LogP contribution in [0.1, 0.15) is 156 Å². The Labute approximate surface area is 861 Å². The number of nitrogens with zero attached hydrogens (tertiary/aromatic N) is 20. The predicted molar refractivity (Wildman–Crippen MR) is 544 cm³/mol. The number of hydrogen-bond donors (Lipinski definition) is 8. The van der Waals surface area contributed by atoms with E-state index in [9.17, 15) is 24.3 Å². The van der Waals surface area contributed by atoms with Crippen molar-refractivity contribution in [2.45, 2.75) is 239 Å². The lowest BCUT2D eigenvalue weighted by Gasteiger charge is -2.24. The molecule has 0 saturated carbocycles. The Morgan fingerprint density at radius 2 is 0.531 bits per heavy atom. The Bertz CT molecular complexity index is 4960. The number of carboxylic acid groups (broad SMARTS) is 4. The number of nitrogens with two attached hydrogens (primary N) is 4. The maximum Gasteiger partial charge on any atom is 0.320 e. The fourth-order valence-electron chi connectivity index (χ4n) is 15.6. The molecular formula is C100H160N24O23. The first kappa shape index (κ1) is 122. The first-order chi connectivity index (χ1) is 71.3. The lowest BCUT2D eigenvalue weighted by atomic mass is 10.1. The van der Waals surface area contributed by atoms with Crippen LogP contribution in [0.15, 0.2) is 136 Å². The van der Waals surface area contributed by atoms with E-state index in [-0.39, 0.29) is 33.0 Å². The molecule has 10 aromatic rings. The van der Waals surface area contributed by atoms with E-state index in [1.807, 2.05) is 128 Å². The number of rotatable bonds is 77. The third-order valence-corrected chi connectivity index (χ3v) is 23.9. The summed E-state index contributed by atoms with van der Waals surface area (Å²) >= 11 is 0. The summed E-state index contributed by atoms with van der Waals surface area (Å²) < 4.78 is 96.9. The number of benzene rings is 2. The van der Waals surface area contributed by atoms with Crippen molar-refractivity contribution in [2.75, 3.05) is 157 Å². The van der Waals surface area contributed by atoms with Crippen molar-refractivity contribution in [2.24, 2.45) is 22.9 Å². The number of aliphatic carboxylic acids is 4. The minimum Gasteiger partial charge on any atom is -0.497 e. The number of hydrogen-bond acceptors (Lipinski definition) is 35. The van der Waals surface area contributed by atoms with Crippen molar-refractivity contribution in [3.63, 3.8) is 0 Å². The van der Waals surface area contributed by atoms with Crippen molar-refractivity contribution in [3.8, 4) is 23.0 Å². The summed E-state index contributed by atoms with van der Waals surface area (Å²) in [5.74, 6) is 6.31. The molecule has 0 aliphatic rings. The molecule has 2 aromatic carbocycles. The quantitative estimate of drug-likeness (QED) is 0.0134. The molecule has 0 spiro atoms. The van der Waals surface area contributed by atoms with E-state index in [0.29, 0.717) is 189 Å². The van der Waals surface area contributed by atoms with E-state index in [1.165, 1.54) is 0 Å². The van der Waals surface area contributed by atoms with Gasteiger partial charge in [-0.2, -0.15) is 0 Å². The highest BCUT2D eigenvalue weighted by atomic mass is 16.7. The highest BCUT2D eigenvalue weighted by Crippen LogP contribution is 2.27. The average Bonchev–Trinajstić information content (AvgIpc) is 1.73. The smallest absolute Gasteiger partial charge is 0.320 e. The molecule has 8 aromatic heterocycles. The van der Waals surface area contributed by atoms with Crippen LogP contribution in [0.5, 0.6) is 23.0 Å². The van der Waals surface area contributed by atoms with Crippen molar-refractivity contribution in [3.05, 3.63) is 193 Å². The number of carbonyl (C=O) groups is 4. The van der Waals surface area contributed by atoms with E-state index in [2.05, 4.69) is 86.9 Å². The summed E-state index contributed by atoms with van der Waals surface area (Å²) in [7, 11) is 14.5. The topological polar surface area (TPSA) is 547 Å². The largest absolute Gasteiger partial charge is 0.497 e. The Morgan fingerprint density at radius 3 is 0.769 bits per heavy atom. The highest BCUT2D eigenvalue weighted by Gasteiger charge is 2.25. The fraction of sp³-hybridized carbons (Fsp3) is 0.600. The molecule has 12 N–H and O–H groups in total. The second-order valence-electron chi connectivity index (χ2n) is 34.5. The van der Waals surface area contributed by atoms with E-state index in [1.54, 1.807) is 101 Å². The SMILES string of the molecule is CCOCCn1ccnc1CN(CCCCC(N)C(=O)O)Cc1nccn1CCOCC.CCOCOCCn1ccnc1CN(CCCCC(N)C(=O)O)Cc1nccn1CCOCOCOC.COC(Cn1ccnc1CN(CCCCC(N)C(=O)O)Cc1nccn1CC(OC)OC)OC.COc1cc(Cn2ccnc2CN(CCCCC(N)C(=O)O)Cc2nccn2Cc2cc(OC)cc(OC)c2)cc(OC)c1. The zero-order chi connectivity index (χ0) is 106. The van der Waals surface area contributed by atoms with E-state index < -0.39 is 48.0 Å². The maximum atomic E-state index is 11.2. The van der Waals surface area contributed by atoms with Gasteiger partial charge in [0, 0.05) is 206 Å². The van der Waals surface area contributed by atoms with Crippen molar-refractivity contribution >= 4 is 23.9 Å². The maximum absolute atomic E-state index is 11.2. The van der Waals surface area contributed by atoms with Crippen LogP contribution < -0.4 is 41.9 Å². The molecule has 818 valence electrons. The van der Waals surface area contributed by atoms with Crippen LogP contribution in [-0.2, 0) is 176 Å². The van der Waals surface area contributed by atoms with Gasteiger partial charge in [-0.3, -0.25) is 38.8 Å². The van der Waals surface area contributed by atoms with Gasteiger partial charge in [-0.25, -0.2) is 39.9 Å². The molecular weight excluding hydrogens is 1910 g/mol. The Balaban J connectivity index is 0.000000267. The zero-order valence-electron chi connectivity index (χ0n) is 87.7. The highest BCUT2D eigenvalue weighted by molar-refractivity contribution is 5.74. The van der Waals surface area contributed by atoms with Crippen LogP contribution in [0.25, 0.3) is 0 Å². The van der Waals surface area contributed by atoms with Crippen LogP contribution in [0, 0.1) is 0 Å². The van der Waals surface area contributed by atoms with E-state index >= 15 is 0 Å². The minimum absolute atomic E-state index is 0.166. The molecule has 0 bridgehead atoms. The number of carboxylic acids is 4. The number of ether oxygens (including phenoxy) is 15. The molecule has 0 aliphatic heterocycles. The molecule has 8 heterocycles. The molecule has 147 heavy (non-hydrogen) atoms. The monoisotopic (exact) mass is 2070 g/mol. The number of unbranched alkanes of at least 4 members (excludes halogenated alkanes) is 4. The molecule has 4 atom stereocenters. The second-order valence-corrected chi connectivity index (χ2v) is 34.5. The van der Waals surface area contributed by atoms with Gasteiger partial charge in [-0.1, -0.05) is 25.7 Å². The van der Waals surface area contributed by atoms with E-state index in [4.69, 9.17) is 109 Å². The molecule has 47 nitrogen and oxygen atoms in total. The zero-order valence-corrected chi connectivity index (χ0v) is 87.7. The second kappa shape index (κ2) is 71.1. The van der Waals surface area contributed by atoms with Crippen LogP contribution in [-0.4, -0.2) is 334 Å². The molecule has 0 radical (unpaired) electrons. The Kier molecular flexibility index (Phi) is 59.2. The summed E-state index contributed by atoms with van der Waals surface area (Å²) in [4.78, 5) is 89.9. The standard InChI is InChI=1S/C32H42N6O6.C24H42N6O7.C22H38N6O6.C22H38N6O4/c1-41-25-13-23(14-26(17-25)42-2)19-37-11-8-34-30(37)21-36(10-6-5-7-29(33)32(39)40)22-31-35-9-12-38(31)20-24-15-27(43-3)18-28(16-24)44-4;1-3-34-19-35-14-12-29-10-7-26-22(29)16-28(9-5-4-6-21(25)24(31)32)17-23-27-8-11-30(23)13-15-36-20-37-18-33-2;1-31-20(32-2)15-27-11-8-24-18(27)13-26(10-6-5-7-17(23)22(29)30)14-19-25-9-12-28(19)16-21(33-3)34-4;1-3-31-15-13-27-11-8-24-20(27)17-26(10-6-5-7-19(23)22(29)30)18-21-25-9-12-28(21)14-16-32-4-2/h8-9,11-18,29H,5-7,10,19-22,33H2,1-4H3,(H,39,40);7-8,10-11,21H,3-6,9,12-20,25H2,1-2H3,(H,31,32);8-9,11-12,17,20-21H,5-7,10,13-16,23H2,1-4H3,(H,29,30);8-9,11-12,19H,3-7,10,13-18,23H2,1-2H3,(H,29,30). The number of methoxy groups -OCH3 is 9. The van der Waals surface area contributed by atoms with Gasteiger partial charge in [0.05, 0.1) is 120 Å². The van der Waals surface area contributed by atoms with Crippen LogP contribution in [0.4, 0.5) is 0 Å². The molecule has 47 heteroatoms. The van der Waals surface area contributed by atoms with Crippen molar-refractivity contribution < 1.29 is 111 Å². The lowest BCUT2D eigenvalue weighted by molar-refractivity contribution is -0.139. The summed E-state index contributed by atoms with van der Waals surface area (Å²) in [6.07, 6.45) is 36.9. The Morgan fingerprint density at radius 1 is 0.299 bits per heavy atom. The molecule has 0 fully saturated rings. The summed E-state index contributed by atoms with van der Waals surface area (Å²) in [5, 5.41) is 36.2. The van der Waals surface area contributed by atoms with Crippen LogP contribution >= 0.6 is 0 Å². The predicted octanol–water partition coefficient (Wildman–Crippen LogP) is 7.70. The van der Waals surface area contributed by atoms with Crippen molar-refractivity contribution in [1.29, 1.82) is 0 Å². The summed E-state index contributed by atoms with van der Waals surface area (Å²) in [6, 6.07) is 8.29. The molecule has 0 amide bonds. The third kappa shape index (κ3) is 46.4. The van der Waals surface area contributed by atoms with Crippen molar-refractivity contribution in [1.82, 2.24) is 96.0 Å². The Hall–Kier alpha value is -11.6. The number of aromatic nitrogens is 16. The van der Waals surface area contributed by atoms with Gasteiger partial charge in [0.15, 0.2) is 12.6 Å². The first-order valence-corrected chi connectivity index (χ1v) is 49.7. The lowest BCUT2D eigenvalue weighted by Crippen LogP contribution is -2.31. The first-order valence-electron chi connectivity index (χ1n) is 49.7. The third-order valence-electron chi connectivity index (χ3n) is 23.9. The fourth-order valence-corrected chi connectivity index (χ4v) is 15.6. The van der Waals surface area contributed by atoms with Gasteiger partial charge in [0.25, 0.3) is 0 Å². The summed E-state index contributed by atoms with van der Waals surface area (Å²) in [6.45, 7) is 23.7. The molecule has 0 aliphatic carbocycles. The van der Waals surface area contributed by atoms with Gasteiger partial charge in [0.2, 0.25) is 0 Å². The molecule has 4 unspecified atom stereocenters. The van der Waals surface area contributed by atoms with Gasteiger partial charge in [0.1, 0.15) is 114 Å². The summed E-state index contributed by atoms with van der Waals surface area (Å²) in [5.41, 5.74) is 24.8. The number of imidazole rings is 8. The normalized spacial score (nSPS) is 12.4. The van der Waals surface area contributed by atoms with Gasteiger partial charge in [-0.05, 0) is 134 Å². The molecule has 0 saturated heterocycles. The minimum atomic E-state index is -0.978. The van der Waals surface area contributed by atoms with Gasteiger partial charge in [-0.15, -0.1) is 0 Å². The van der Waals surface area contributed by atoms with Gasteiger partial charge >= 0.3 is 23.9 Å². The molecule has 10 rings (SSSR count). The van der Waals surface area contributed by atoms with E-state index in [0.717, 1.165) is 146 Å². The van der Waals surface area contributed by atoms with Crippen LogP contribution in [0.3, 0.4) is 0 Å². The average molecular weight is 2070 g/mol. The van der Waals surface area contributed by atoms with Crippen LogP contribution in [0.2, 0.25) is 0 Å². The van der Waals surface area contributed by atoms with Gasteiger partial charge < -0.3 is 151 Å².